The van der Waals surface area contributed by atoms with Gasteiger partial charge >= 0.3 is 5.97 Å². The van der Waals surface area contributed by atoms with Gasteiger partial charge < -0.3 is 15.1 Å². The Labute approximate surface area is 123 Å². The zero-order chi connectivity index (χ0) is 15.0. The van der Waals surface area contributed by atoms with E-state index < -0.39 is 5.97 Å². The lowest BCUT2D eigenvalue weighted by molar-refractivity contribution is -0.139. The normalized spacial score (nSPS) is 23.0. The Morgan fingerprint density at radius 1 is 1.19 bits per heavy atom. The van der Waals surface area contributed by atoms with Gasteiger partial charge in [-0.3, -0.25) is 9.59 Å². The predicted molar refractivity (Wildman–Crippen MR) is 75.8 cm³/mol. The summed E-state index contributed by atoms with van der Waals surface area (Å²) in [6, 6.07) is 6.66. The van der Waals surface area contributed by atoms with E-state index in [1.807, 2.05) is 4.90 Å². The number of carboxylic acid groups (broad SMARTS) is 1. The minimum atomic E-state index is -0.695. The summed E-state index contributed by atoms with van der Waals surface area (Å²) >= 11 is 0. The number of aliphatic carboxylic acids is 1. The van der Waals surface area contributed by atoms with Crippen molar-refractivity contribution in [2.45, 2.75) is 25.7 Å². The van der Waals surface area contributed by atoms with E-state index in [1.165, 1.54) is 0 Å². The first-order valence-corrected chi connectivity index (χ1v) is 7.29. The van der Waals surface area contributed by atoms with Crippen LogP contribution in [0, 0.1) is 11.3 Å². The van der Waals surface area contributed by atoms with Crippen LogP contribution < -0.4 is 0 Å². The fourth-order valence-corrected chi connectivity index (χ4v) is 3.35. The van der Waals surface area contributed by atoms with E-state index in [2.05, 4.69) is 0 Å². The molecule has 1 aromatic rings. The van der Waals surface area contributed by atoms with E-state index >= 15 is 0 Å². The van der Waals surface area contributed by atoms with Crippen LogP contribution in [0.4, 0.5) is 0 Å². The maximum absolute atomic E-state index is 12.2. The van der Waals surface area contributed by atoms with Crippen LogP contribution in [0.3, 0.4) is 0 Å². The lowest BCUT2D eigenvalue weighted by Crippen LogP contribution is -2.40. The fourth-order valence-electron chi connectivity index (χ4n) is 3.35. The van der Waals surface area contributed by atoms with Crippen molar-refractivity contribution >= 4 is 11.9 Å². The number of aromatic hydroxyl groups is 1. The van der Waals surface area contributed by atoms with Gasteiger partial charge in [0.05, 0.1) is 12.3 Å². The summed E-state index contributed by atoms with van der Waals surface area (Å²) in [6.45, 7) is 1.31. The molecule has 0 aromatic heterocycles. The number of hydrogen-bond donors (Lipinski definition) is 2. The van der Waals surface area contributed by atoms with Gasteiger partial charge in [0.1, 0.15) is 5.75 Å². The SMILES string of the molecule is O=C(O)C1CC12CCN(C(=O)Cc1ccc(O)cc1)CC2. The lowest BCUT2D eigenvalue weighted by Gasteiger charge is -2.32. The van der Waals surface area contributed by atoms with Gasteiger partial charge in [-0.15, -0.1) is 0 Å². The van der Waals surface area contributed by atoms with E-state index in [0.29, 0.717) is 19.5 Å². The van der Waals surface area contributed by atoms with E-state index in [0.717, 1.165) is 24.8 Å². The number of carbonyl (C=O) groups is 2. The number of phenolic OH excluding ortho intramolecular Hbond substituents is 1. The lowest BCUT2D eigenvalue weighted by atomic mass is 9.90. The molecule has 1 saturated heterocycles. The summed E-state index contributed by atoms with van der Waals surface area (Å²) in [6.07, 6.45) is 2.69. The van der Waals surface area contributed by atoms with E-state index in [9.17, 15) is 14.7 Å². The Hall–Kier alpha value is -2.04. The first-order chi connectivity index (χ1) is 10.00. The zero-order valence-electron chi connectivity index (χ0n) is 11.8. The summed E-state index contributed by atoms with van der Waals surface area (Å²) in [5.41, 5.74) is 0.842. The molecule has 112 valence electrons. The van der Waals surface area contributed by atoms with Crippen LogP contribution in [0.2, 0.25) is 0 Å². The van der Waals surface area contributed by atoms with Gasteiger partial charge in [0, 0.05) is 13.1 Å². The van der Waals surface area contributed by atoms with Crippen molar-refractivity contribution in [2.24, 2.45) is 11.3 Å². The number of hydrogen-bond acceptors (Lipinski definition) is 3. The number of phenols is 1. The molecule has 1 unspecified atom stereocenters. The van der Waals surface area contributed by atoms with Crippen LogP contribution in [0.25, 0.3) is 0 Å². The second-order valence-electron chi connectivity index (χ2n) is 6.18. The molecule has 3 rings (SSSR count). The van der Waals surface area contributed by atoms with Crippen molar-refractivity contribution in [3.63, 3.8) is 0 Å². The molecule has 1 aromatic carbocycles. The number of nitrogens with zero attached hydrogens (tertiary/aromatic N) is 1. The van der Waals surface area contributed by atoms with Crippen molar-refractivity contribution < 1.29 is 19.8 Å². The fraction of sp³-hybridized carbons (Fsp3) is 0.500. The molecule has 1 heterocycles. The third kappa shape index (κ3) is 2.73. The van der Waals surface area contributed by atoms with Crippen LogP contribution in [0.1, 0.15) is 24.8 Å². The smallest absolute Gasteiger partial charge is 0.307 e. The summed E-state index contributed by atoms with van der Waals surface area (Å²) in [4.78, 5) is 25.1. The first kappa shape index (κ1) is 13.9. The highest BCUT2D eigenvalue weighted by molar-refractivity contribution is 5.79. The van der Waals surface area contributed by atoms with Crippen LogP contribution in [-0.2, 0) is 16.0 Å². The Morgan fingerprint density at radius 2 is 1.81 bits per heavy atom. The Kier molecular flexibility index (Phi) is 3.35. The van der Waals surface area contributed by atoms with Crippen molar-refractivity contribution in [1.29, 1.82) is 0 Å². The number of rotatable bonds is 3. The molecule has 21 heavy (non-hydrogen) atoms. The van der Waals surface area contributed by atoms with Gasteiger partial charge in [0.25, 0.3) is 0 Å². The van der Waals surface area contributed by atoms with E-state index in [4.69, 9.17) is 5.11 Å². The second kappa shape index (κ2) is 5.06. The Bertz CT molecular complexity index is 558. The molecule has 1 spiro atoms. The van der Waals surface area contributed by atoms with Crippen molar-refractivity contribution in [3.05, 3.63) is 29.8 Å². The monoisotopic (exact) mass is 289 g/mol. The van der Waals surface area contributed by atoms with Crippen LogP contribution >= 0.6 is 0 Å². The average molecular weight is 289 g/mol. The van der Waals surface area contributed by atoms with Crippen LogP contribution in [0.5, 0.6) is 5.75 Å². The molecule has 5 nitrogen and oxygen atoms in total. The van der Waals surface area contributed by atoms with E-state index in [1.54, 1.807) is 24.3 Å². The summed E-state index contributed by atoms with van der Waals surface area (Å²) in [5, 5.41) is 18.3. The van der Waals surface area contributed by atoms with Gasteiger partial charge in [0.2, 0.25) is 5.91 Å². The minimum absolute atomic E-state index is 0.0405. The molecule has 2 fully saturated rings. The molecule has 0 radical (unpaired) electrons. The molecule has 0 bridgehead atoms. The summed E-state index contributed by atoms with van der Waals surface area (Å²) in [5.74, 6) is -0.631. The minimum Gasteiger partial charge on any atom is -0.508 e. The first-order valence-electron chi connectivity index (χ1n) is 7.29. The van der Waals surface area contributed by atoms with Crippen molar-refractivity contribution in [1.82, 2.24) is 4.90 Å². The molecular formula is C16H19NO4. The molecule has 2 aliphatic rings. The molecule has 1 atom stereocenters. The van der Waals surface area contributed by atoms with Gasteiger partial charge in [-0.2, -0.15) is 0 Å². The number of piperidine rings is 1. The topological polar surface area (TPSA) is 77.8 Å². The molecule has 1 saturated carbocycles. The molecule has 1 aliphatic heterocycles. The molecule has 1 amide bonds. The number of amides is 1. The number of carboxylic acids is 1. The predicted octanol–water partition coefficient (Wildman–Crippen LogP) is 1.65. The third-order valence-corrected chi connectivity index (χ3v) is 4.89. The third-order valence-electron chi connectivity index (χ3n) is 4.89. The van der Waals surface area contributed by atoms with Gasteiger partial charge in [-0.1, -0.05) is 12.1 Å². The Morgan fingerprint density at radius 3 is 2.33 bits per heavy atom. The zero-order valence-corrected chi connectivity index (χ0v) is 11.8. The Balaban J connectivity index is 1.54. The molecular weight excluding hydrogens is 270 g/mol. The molecule has 5 heteroatoms. The second-order valence-corrected chi connectivity index (χ2v) is 6.18. The highest BCUT2D eigenvalue weighted by atomic mass is 16.4. The van der Waals surface area contributed by atoms with Gasteiger partial charge in [0.15, 0.2) is 0 Å². The van der Waals surface area contributed by atoms with Crippen LogP contribution in [-0.4, -0.2) is 40.1 Å². The largest absolute Gasteiger partial charge is 0.508 e. The highest BCUT2D eigenvalue weighted by Crippen LogP contribution is 2.59. The van der Waals surface area contributed by atoms with Gasteiger partial charge in [-0.25, -0.2) is 0 Å². The highest BCUT2D eigenvalue weighted by Gasteiger charge is 2.59. The molecule has 1 aliphatic carbocycles. The summed E-state index contributed by atoms with van der Waals surface area (Å²) in [7, 11) is 0. The van der Waals surface area contributed by atoms with Crippen molar-refractivity contribution in [3.8, 4) is 5.75 Å². The number of carbonyl (C=O) groups excluding carboxylic acids is 1. The summed E-state index contributed by atoms with van der Waals surface area (Å²) < 4.78 is 0. The van der Waals surface area contributed by atoms with E-state index in [-0.39, 0.29) is 23.0 Å². The molecule has 2 N–H and O–H groups in total. The maximum atomic E-state index is 12.2. The van der Waals surface area contributed by atoms with Crippen LogP contribution in [0.15, 0.2) is 24.3 Å². The maximum Gasteiger partial charge on any atom is 0.307 e. The average Bonchev–Trinajstić information content (AvgIpc) is 3.16. The standard InChI is InChI=1S/C16H19NO4/c18-12-3-1-11(2-4-12)9-14(19)17-7-5-16(6-8-17)10-13(16)15(20)21/h1-4,13,18H,5-10H2,(H,20,21). The number of likely N-dealkylation sites (tertiary alicyclic amines) is 1. The number of benzene rings is 1. The quantitative estimate of drug-likeness (QED) is 0.887. The van der Waals surface area contributed by atoms with Gasteiger partial charge in [-0.05, 0) is 42.4 Å². The van der Waals surface area contributed by atoms with Crippen molar-refractivity contribution in [2.75, 3.05) is 13.1 Å².